The van der Waals surface area contributed by atoms with Gasteiger partial charge in [0.25, 0.3) is 5.91 Å². The number of hydrogen-bond acceptors (Lipinski definition) is 5. The van der Waals surface area contributed by atoms with Crippen LogP contribution in [0.3, 0.4) is 0 Å². The highest BCUT2D eigenvalue weighted by Gasteiger charge is 2.27. The van der Waals surface area contributed by atoms with Crippen molar-refractivity contribution in [3.8, 4) is 0 Å². The van der Waals surface area contributed by atoms with Crippen LogP contribution >= 0.6 is 0 Å². The number of carbonyl (C=O) groups excluding carboxylic acids is 1. The Morgan fingerprint density at radius 3 is 2.19 bits per heavy atom. The van der Waals surface area contributed by atoms with E-state index in [9.17, 15) is 26.0 Å². The molecule has 0 saturated carbocycles. The molecular weight excluding hydrogens is 457 g/mol. The van der Waals surface area contributed by atoms with Crippen molar-refractivity contribution < 1.29 is 26.0 Å². The Morgan fingerprint density at radius 2 is 1.62 bits per heavy atom. The molecule has 0 spiro atoms. The van der Waals surface area contributed by atoms with Gasteiger partial charge in [0, 0.05) is 29.9 Å². The van der Waals surface area contributed by atoms with Crippen LogP contribution in [0.5, 0.6) is 0 Å². The van der Waals surface area contributed by atoms with Crippen LogP contribution in [0.15, 0.2) is 52.3 Å². The van der Waals surface area contributed by atoms with E-state index in [1.165, 1.54) is 24.3 Å². The SMILES string of the molecule is CCN(CC)S(=O)(=O)c1cc(C(=O)Nc2cccc(S(=O)(=O)NC(C)(C)C)c2)ccc1F. The quantitative estimate of drug-likeness (QED) is 0.596. The molecule has 11 heteroatoms. The number of benzene rings is 2. The number of halogens is 1. The first-order valence-electron chi connectivity index (χ1n) is 9.96. The van der Waals surface area contributed by atoms with Crippen molar-refractivity contribution in [1.82, 2.24) is 9.03 Å². The highest BCUT2D eigenvalue weighted by Crippen LogP contribution is 2.22. The van der Waals surface area contributed by atoms with E-state index in [0.29, 0.717) is 0 Å². The van der Waals surface area contributed by atoms with Crippen molar-refractivity contribution in [2.75, 3.05) is 18.4 Å². The molecule has 2 aromatic rings. The van der Waals surface area contributed by atoms with Crippen LogP contribution < -0.4 is 10.0 Å². The van der Waals surface area contributed by atoms with Crippen LogP contribution in [-0.2, 0) is 20.0 Å². The highest BCUT2D eigenvalue weighted by molar-refractivity contribution is 7.89. The fourth-order valence-electron chi connectivity index (χ4n) is 2.95. The zero-order chi connectivity index (χ0) is 24.3. The van der Waals surface area contributed by atoms with Gasteiger partial charge in [0.15, 0.2) is 0 Å². The summed E-state index contributed by atoms with van der Waals surface area (Å²) in [6, 6.07) is 8.67. The van der Waals surface area contributed by atoms with Crippen LogP contribution in [-0.4, -0.2) is 45.7 Å². The third-order valence-corrected chi connectivity index (χ3v) is 8.18. The molecule has 0 heterocycles. The first-order chi connectivity index (χ1) is 14.7. The van der Waals surface area contributed by atoms with Gasteiger partial charge in [0.05, 0.1) is 4.90 Å². The van der Waals surface area contributed by atoms with Gasteiger partial charge in [-0.2, -0.15) is 4.31 Å². The van der Waals surface area contributed by atoms with Crippen LogP contribution in [0, 0.1) is 5.82 Å². The molecule has 0 atom stereocenters. The maximum absolute atomic E-state index is 14.3. The van der Waals surface area contributed by atoms with Crippen molar-refractivity contribution in [2.24, 2.45) is 0 Å². The third kappa shape index (κ3) is 6.12. The van der Waals surface area contributed by atoms with Gasteiger partial charge in [0.2, 0.25) is 20.0 Å². The second-order valence-electron chi connectivity index (χ2n) is 8.07. The largest absolute Gasteiger partial charge is 0.322 e. The molecule has 0 aliphatic rings. The lowest BCUT2D eigenvalue weighted by Crippen LogP contribution is -2.40. The van der Waals surface area contributed by atoms with E-state index in [2.05, 4.69) is 10.0 Å². The van der Waals surface area contributed by atoms with Crippen LogP contribution in [0.4, 0.5) is 10.1 Å². The summed E-state index contributed by atoms with van der Waals surface area (Å²) in [5, 5.41) is 2.53. The number of nitrogens with one attached hydrogen (secondary N) is 2. The zero-order valence-corrected chi connectivity index (χ0v) is 20.3. The van der Waals surface area contributed by atoms with E-state index in [4.69, 9.17) is 0 Å². The lowest BCUT2D eigenvalue weighted by atomic mass is 10.1. The van der Waals surface area contributed by atoms with Gasteiger partial charge in [-0.05, 0) is 57.2 Å². The minimum absolute atomic E-state index is 0.0471. The lowest BCUT2D eigenvalue weighted by molar-refractivity contribution is 0.102. The van der Waals surface area contributed by atoms with Gasteiger partial charge < -0.3 is 5.32 Å². The Labute approximate surface area is 188 Å². The average molecular weight is 486 g/mol. The van der Waals surface area contributed by atoms with Gasteiger partial charge in [-0.25, -0.2) is 25.9 Å². The maximum atomic E-state index is 14.3. The Morgan fingerprint density at radius 1 is 1.00 bits per heavy atom. The normalized spacial score (nSPS) is 12.7. The summed E-state index contributed by atoms with van der Waals surface area (Å²) in [7, 11) is -7.94. The molecule has 1 amide bonds. The number of sulfonamides is 2. The molecule has 0 unspecified atom stereocenters. The Hall–Kier alpha value is -2.34. The topological polar surface area (TPSA) is 113 Å². The molecule has 8 nitrogen and oxygen atoms in total. The van der Waals surface area contributed by atoms with E-state index >= 15 is 0 Å². The summed E-state index contributed by atoms with van der Waals surface area (Å²) in [5.41, 5.74) is -0.596. The van der Waals surface area contributed by atoms with Gasteiger partial charge in [-0.1, -0.05) is 19.9 Å². The number of amides is 1. The van der Waals surface area contributed by atoms with E-state index in [0.717, 1.165) is 22.5 Å². The highest BCUT2D eigenvalue weighted by atomic mass is 32.2. The molecule has 0 bridgehead atoms. The van der Waals surface area contributed by atoms with Crippen molar-refractivity contribution in [1.29, 1.82) is 0 Å². The molecule has 2 aromatic carbocycles. The first-order valence-corrected chi connectivity index (χ1v) is 12.9. The van der Waals surface area contributed by atoms with Gasteiger partial charge in [0.1, 0.15) is 10.7 Å². The fraction of sp³-hybridized carbons (Fsp3) is 0.381. The van der Waals surface area contributed by atoms with Crippen molar-refractivity contribution in [2.45, 2.75) is 49.9 Å². The first kappa shape index (κ1) is 25.9. The summed E-state index contributed by atoms with van der Waals surface area (Å²) < 4.78 is 68.4. The van der Waals surface area contributed by atoms with Gasteiger partial charge >= 0.3 is 0 Å². The van der Waals surface area contributed by atoms with Crippen LogP contribution in [0.1, 0.15) is 45.0 Å². The minimum Gasteiger partial charge on any atom is -0.322 e. The molecule has 0 aliphatic heterocycles. The molecule has 2 N–H and O–H groups in total. The second kappa shape index (κ2) is 9.65. The van der Waals surface area contributed by atoms with Crippen molar-refractivity contribution in [3.05, 3.63) is 53.8 Å². The Kier molecular flexibility index (Phi) is 7.82. The smallest absolute Gasteiger partial charge is 0.255 e. The van der Waals surface area contributed by atoms with Crippen LogP contribution in [0.2, 0.25) is 0 Å². The minimum atomic E-state index is -4.11. The average Bonchev–Trinajstić information content (AvgIpc) is 2.67. The number of rotatable bonds is 8. The standard InChI is InChI=1S/C21H28FN3O5S2/c1-6-25(7-2)32(29,30)19-13-15(11-12-18(19)22)20(26)23-16-9-8-10-17(14-16)31(27,28)24-21(3,4)5/h8-14,24H,6-7H2,1-5H3,(H,23,26). The fourth-order valence-corrected chi connectivity index (χ4v) is 5.96. The Balaban J connectivity index is 2.35. The van der Waals surface area contributed by atoms with Gasteiger partial charge in [-0.3, -0.25) is 4.79 Å². The van der Waals surface area contributed by atoms with Crippen molar-refractivity contribution >= 4 is 31.6 Å². The maximum Gasteiger partial charge on any atom is 0.255 e. The number of carbonyl (C=O) groups is 1. The molecule has 0 fully saturated rings. The predicted molar refractivity (Wildman–Crippen MR) is 121 cm³/mol. The predicted octanol–water partition coefficient (Wildman–Crippen LogP) is 3.19. The molecule has 0 aliphatic carbocycles. The third-order valence-electron chi connectivity index (χ3n) is 4.36. The summed E-state index contributed by atoms with van der Waals surface area (Å²) in [6.45, 7) is 8.67. The monoisotopic (exact) mass is 485 g/mol. The number of anilines is 1. The molecular formula is C21H28FN3O5S2. The van der Waals surface area contributed by atoms with E-state index in [1.807, 2.05) is 0 Å². The number of hydrogen-bond donors (Lipinski definition) is 2. The van der Waals surface area contributed by atoms with E-state index in [1.54, 1.807) is 34.6 Å². The summed E-state index contributed by atoms with van der Waals surface area (Å²) in [5.74, 6) is -1.67. The lowest BCUT2D eigenvalue weighted by Gasteiger charge is -2.20. The van der Waals surface area contributed by atoms with Gasteiger partial charge in [-0.15, -0.1) is 0 Å². The van der Waals surface area contributed by atoms with E-state index in [-0.39, 0.29) is 29.2 Å². The van der Waals surface area contributed by atoms with E-state index < -0.39 is 42.2 Å². The summed E-state index contributed by atoms with van der Waals surface area (Å²) in [6.07, 6.45) is 0. The molecule has 2 rings (SSSR count). The zero-order valence-electron chi connectivity index (χ0n) is 18.6. The molecule has 32 heavy (non-hydrogen) atoms. The molecule has 0 radical (unpaired) electrons. The molecule has 0 aromatic heterocycles. The van der Waals surface area contributed by atoms with Crippen LogP contribution in [0.25, 0.3) is 0 Å². The Bertz CT molecular complexity index is 1200. The molecule has 0 saturated heterocycles. The summed E-state index contributed by atoms with van der Waals surface area (Å²) >= 11 is 0. The second-order valence-corrected chi connectivity index (χ2v) is 11.7. The number of nitrogens with zero attached hydrogens (tertiary/aromatic N) is 1. The summed E-state index contributed by atoms with van der Waals surface area (Å²) in [4.78, 5) is 12.1. The molecule has 176 valence electrons. The van der Waals surface area contributed by atoms with Crippen molar-refractivity contribution in [3.63, 3.8) is 0 Å².